The summed E-state index contributed by atoms with van der Waals surface area (Å²) < 4.78 is 0. The lowest BCUT2D eigenvalue weighted by atomic mass is 10.1. The second-order valence-electron chi connectivity index (χ2n) is 3.39. The zero-order valence-electron chi connectivity index (χ0n) is 9.00. The van der Waals surface area contributed by atoms with E-state index < -0.39 is 0 Å². The third-order valence-electron chi connectivity index (χ3n) is 2.33. The number of H-pyrrole nitrogens is 1. The fraction of sp³-hybridized carbons (Fsp3) is 0.154. The molecule has 0 aliphatic carbocycles. The van der Waals surface area contributed by atoms with E-state index in [1.54, 1.807) is 6.92 Å². The minimum atomic E-state index is -0.0979. The monoisotopic (exact) mass is 212 g/mol. The summed E-state index contributed by atoms with van der Waals surface area (Å²) in [5.74, 6) is 5.42. The van der Waals surface area contributed by atoms with E-state index in [1.165, 1.54) is 0 Å². The van der Waals surface area contributed by atoms with E-state index in [0.717, 1.165) is 10.9 Å². The molecule has 0 atom stereocenters. The van der Waals surface area contributed by atoms with Gasteiger partial charge in [-0.05, 0) is 30.5 Å². The van der Waals surface area contributed by atoms with Crippen molar-refractivity contribution in [2.45, 2.75) is 6.92 Å². The Morgan fingerprint density at radius 2 is 2.31 bits per heavy atom. The highest BCUT2D eigenvalue weighted by molar-refractivity contribution is 5.97. The number of carbonyl (C=O) groups excluding carboxylic acids is 1. The Labute approximate surface area is 93.9 Å². The molecule has 1 heterocycles. The summed E-state index contributed by atoms with van der Waals surface area (Å²) in [5, 5.41) is 3.83. The number of carbonyl (C=O) groups is 1. The number of aromatic amines is 1. The van der Waals surface area contributed by atoms with Crippen molar-refractivity contribution in [3.05, 3.63) is 36.0 Å². The summed E-state index contributed by atoms with van der Waals surface area (Å²) in [7, 11) is 0. The van der Waals surface area contributed by atoms with Crippen molar-refractivity contribution in [2.24, 2.45) is 0 Å². The van der Waals surface area contributed by atoms with Gasteiger partial charge in [0.2, 0.25) is 0 Å². The molecule has 0 saturated carbocycles. The molecular formula is C13H12N2O. The zero-order chi connectivity index (χ0) is 11.4. The van der Waals surface area contributed by atoms with E-state index in [4.69, 9.17) is 0 Å². The van der Waals surface area contributed by atoms with E-state index >= 15 is 0 Å². The third kappa shape index (κ3) is 2.06. The number of hydrogen-bond acceptors (Lipinski definition) is 1. The van der Waals surface area contributed by atoms with Gasteiger partial charge in [-0.15, -0.1) is 5.92 Å². The van der Waals surface area contributed by atoms with Gasteiger partial charge in [-0.1, -0.05) is 12.0 Å². The van der Waals surface area contributed by atoms with Gasteiger partial charge in [-0.25, -0.2) is 0 Å². The van der Waals surface area contributed by atoms with Crippen LogP contribution >= 0.6 is 0 Å². The third-order valence-corrected chi connectivity index (χ3v) is 2.33. The molecule has 0 fully saturated rings. The van der Waals surface area contributed by atoms with Gasteiger partial charge in [0.25, 0.3) is 5.91 Å². The van der Waals surface area contributed by atoms with Gasteiger partial charge in [-0.2, -0.15) is 0 Å². The average Bonchev–Trinajstić information content (AvgIpc) is 2.76. The summed E-state index contributed by atoms with van der Waals surface area (Å²) in [6.07, 6.45) is 1.86. The highest BCUT2D eigenvalue weighted by atomic mass is 16.1. The smallest absolute Gasteiger partial charge is 0.252 e. The van der Waals surface area contributed by atoms with E-state index in [2.05, 4.69) is 22.1 Å². The molecule has 0 aliphatic heterocycles. The lowest BCUT2D eigenvalue weighted by molar-refractivity contribution is 0.0959. The molecule has 0 radical (unpaired) electrons. The molecule has 1 aromatic heterocycles. The maximum Gasteiger partial charge on any atom is 0.252 e. The number of amides is 1. The number of benzene rings is 1. The second kappa shape index (κ2) is 4.54. The first kappa shape index (κ1) is 10.3. The van der Waals surface area contributed by atoms with Crippen molar-refractivity contribution in [3.63, 3.8) is 0 Å². The van der Waals surface area contributed by atoms with Crippen molar-refractivity contribution in [1.82, 2.24) is 10.3 Å². The Bertz CT molecular complexity index is 572. The normalized spacial score (nSPS) is 9.56. The van der Waals surface area contributed by atoms with Gasteiger partial charge in [0.15, 0.2) is 0 Å². The largest absolute Gasteiger partial charge is 0.361 e. The molecule has 1 aromatic carbocycles. The summed E-state index contributed by atoms with van der Waals surface area (Å²) in [5.41, 5.74) is 1.61. The molecule has 2 rings (SSSR count). The van der Waals surface area contributed by atoms with Crippen molar-refractivity contribution >= 4 is 16.8 Å². The fourth-order valence-electron chi connectivity index (χ4n) is 1.50. The summed E-state index contributed by atoms with van der Waals surface area (Å²) in [6, 6.07) is 7.54. The van der Waals surface area contributed by atoms with Gasteiger partial charge >= 0.3 is 0 Å². The van der Waals surface area contributed by atoms with Crippen LogP contribution in [0.1, 0.15) is 17.3 Å². The number of hydrogen-bond donors (Lipinski definition) is 2. The van der Waals surface area contributed by atoms with E-state index in [-0.39, 0.29) is 5.91 Å². The molecule has 0 saturated heterocycles. The van der Waals surface area contributed by atoms with Crippen LogP contribution in [0.5, 0.6) is 0 Å². The van der Waals surface area contributed by atoms with Crippen LogP contribution in [-0.4, -0.2) is 17.4 Å². The van der Waals surface area contributed by atoms with Gasteiger partial charge < -0.3 is 10.3 Å². The van der Waals surface area contributed by atoms with Crippen LogP contribution in [0, 0.1) is 11.8 Å². The number of aromatic nitrogens is 1. The van der Waals surface area contributed by atoms with Crippen LogP contribution in [0.4, 0.5) is 0 Å². The molecule has 0 unspecified atom stereocenters. The van der Waals surface area contributed by atoms with Crippen LogP contribution in [-0.2, 0) is 0 Å². The van der Waals surface area contributed by atoms with Crippen molar-refractivity contribution < 1.29 is 4.79 Å². The van der Waals surface area contributed by atoms with Gasteiger partial charge in [0.1, 0.15) is 0 Å². The zero-order valence-corrected chi connectivity index (χ0v) is 9.00. The van der Waals surface area contributed by atoms with Gasteiger partial charge in [0, 0.05) is 17.3 Å². The van der Waals surface area contributed by atoms with Crippen LogP contribution in [0.3, 0.4) is 0 Å². The van der Waals surface area contributed by atoms with Crippen molar-refractivity contribution in [1.29, 1.82) is 0 Å². The highest BCUT2D eigenvalue weighted by Gasteiger charge is 2.05. The molecule has 1 amide bonds. The lowest BCUT2D eigenvalue weighted by Crippen LogP contribution is -2.23. The standard InChI is InChI=1S/C13H12N2O/c1-2-3-7-15-13(16)11-5-4-10-6-8-14-12(10)9-11/h4-6,8-9,14H,7H2,1H3,(H,15,16). The van der Waals surface area contributed by atoms with Crippen molar-refractivity contribution in [2.75, 3.05) is 6.54 Å². The topological polar surface area (TPSA) is 44.9 Å². The van der Waals surface area contributed by atoms with Gasteiger partial charge in [-0.3, -0.25) is 4.79 Å². The molecule has 80 valence electrons. The Morgan fingerprint density at radius 1 is 1.44 bits per heavy atom. The first-order valence-corrected chi connectivity index (χ1v) is 5.06. The quantitative estimate of drug-likeness (QED) is 0.734. The molecule has 0 bridgehead atoms. The van der Waals surface area contributed by atoms with Crippen molar-refractivity contribution in [3.8, 4) is 11.8 Å². The minimum Gasteiger partial charge on any atom is -0.361 e. The molecule has 2 aromatic rings. The molecule has 16 heavy (non-hydrogen) atoms. The predicted molar refractivity (Wildman–Crippen MR) is 64.1 cm³/mol. The number of fused-ring (bicyclic) bond motifs is 1. The second-order valence-corrected chi connectivity index (χ2v) is 3.39. The fourth-order valence-corrected chi connectivity index (χ4v) is 1.50. The Hall–Kier alpha value is -2.21. The first-order valence-electron chi connectivity index (χ1n) is 5.06. The van der Waals surface area contributed by atoms with Crippen LogP contribution in [0.25, 0.3) is 10.9 Å². The molecule has 0 aliphatic rings. The summed E-state index contributed by atoms with van der Waals surface area (Å²) in [4.78, 5) is 14.8. The Kier molecular flexibility index (Phi) is 2.93. The number of rotatable bonds is 2. The maximum atomic E-state index is 11.7. The van der Waals surface area contributed by atoms with Gasteiger partial charge in [0.05, 0.1) is 6.54 Å². The molecular weight excluding hydrogens is 200 g/mol. The van der Waals surface area contributed by atoms with Crippen LogP contribution in [0.2, 0.25) is 0 Å². The maximum absolute atomic E-state index is 11.7. The van der Waals surface area contributed by atoms with E-state index in [9.17, 15) is 4.79 Å². The van der Waals surface area contributed by atoms with E-state index in [1.807, 2.05) is 30.5 Å². The van der Waals surface area contributed by atoms with Crippen LogP contribution in [0.15, 0.2) is 30.5 Å². The predicted octanol–water partition coefficient (Wildman–Crippen LogP) is 1.92. The Balaban J connectivity index is 2.18. The molecule has 2 N–H and O–H groups in total. The average molecular weight is 212 g/mol. The minimum absolute atomic E-state index is 0.0979. The Morgan fingerprint density at radius 3 is 3.12 bits per heavy atom. The SMILES string of the molecule is CC#CCNC(=O)c1ccc2cc[nH]c2c1. The summed E-state index contributed by atoms with van der Waals surface area (Å²) >= 11 is 0. The summed E-state index contributed by atoms with van der Waals surface area (Å²) in [6.45, 7) is 2.13. The molecule has 0 spiro atoms. The van der Waals surface area contributed by atoms with Crippen LogP contribution < -0.4 is 5.32 Å². The highest BCUT2D eigenvalue weighted by Crippen LogP contribution is 2.13. The lowest BCUT2D eigenvalue weighted by Gasteiger charge is -2.01. The number of nitrogens with one attached hydrogen (secondary N) is 2. The molecule has 3 heteroatoms. The molecule has 3 nitrogen and oxygen atoms in total. The first-order chi connectivity index (χ1) is 7.81. The van der Waals surface area contributed by atoms with E-state index in [0.29, 0.717) is 12.1 Å².